The van der Waals surface area contributed by atoms with Gasteiger partial charge in [0.1, 0.15) is 96.2 Å². The van der Waals surface area contributed by atoms with Crippen LogP contribution in [0.3, 0.4) is 0 Å². The summed E-state index contributed by atoms with van der Waals surface area (Å²) in [5, 5.41) is 69.1. The lowest BCUT2D eigenvalue weighted by atomic mass is 9.81. The molecule has 10 aliphatic rings. The summed E-state index contributed by atoms with van der Waals surface area (Å²) in [6, 6.07) is 0. The number of aliphatic hydroxyl groups excluding tert-OH is 4. The van der Waals surface area contributed by atoms with Crippen LogP contribution in [-0.4, -0.2) is 286 Å². The summed E-state index contributed by atoms with van der Waals surface area (Å²) in [6.45, 7) is 15.0. The van der Waals surface area contributed by atoms with Gasteiger partial charge in [-0.15, -0.1) is 0 Å². The lowest BCUT2D eigenvalue weighted by Gasteiger charge is -2.49. The third kappa shape index (κ3) is 13.4. The average Bonchev–Trinajstić information content (AvgIpc) is 1.59. The molecule has 11 rings (SSSR count). The molecule has 538 valence electrons. The second-order valence-electron chi connectivity index (χ2n) is 26.2. The van der Waals surface area contributed by atoms with Gasteiger partial charge in [0.25, 0.3) is 5.97 Å². The van der Waals surface area contributed by atoms with Crippen LogP contribution in [0.25, 0.3) is 0 Å². The molecule has 1 aromatic rings. The Hall–Kier alpha value is -2.99. The van der Waals surface area contributed by atoms with Gasteiger partial charge in [-0.1, -0.05) is 37.0 Å². The molecule has 3 unspecified atom stereocenters. The average molecular weight is 1400 g/mol. The first kappa shape index (κ1) is 73.2. The first-order valence-corrected chi connectivity index (χ1v) is 32.5. The molecule has 1 aromatic carbocycles. The Morgan fingerprint density at radius 2 is 1.34 bits per heavy atom. The number of methoxy groups -OCH3 is 4. The Bertz CT molecular complexity index is 2890. The summed E-state index contributed by atoms with van der Waals surface area (Å²) in [7, 11) is 5.35. The fourth-order valence-corrected chi connectivity index (χ4v) is 15.1. The van der Waals surface area contributed by atoms with Crippen LogP contribution in [-0.2, 0) is 114 Å². The fourth-order valence-electron chi connectivity index (χ4n) is 14.6. The van der Waals surface area contributed by atoms with E-state index >= 15 is 0 Å². The minimum Gasteiger partial charge on any atom is -0.505 e. The molecule has 0 saturated carbocycles. The Kier molecular flexibility index (Phi) is 21.9. The van der Waals surface area contributed by atoms with Crippen molar-refractivity contribution >= 4 is 40.9 Å². The number of ether oxygens (including phenoxy) is 23. The molecule has 10 saturated heterocycles. The molecular formula is C61H88Cl2O32. The third-order valence-corrected chi connectivity index (χ3v) is 20.2. The molecule has 10 fully saturated rings. The first-order chi connectivity index (χ1) is 44.9. The predicted molar refractivity (Wildman–Crippen MR) is 313 cm³/mol. The number of ketones is 1. The number of hydrogen-bond acceptors (Lipinski definition) is 32. The van der Waals surface area contributed by atoms with Crippen LogP contribution >= 0.6 is 23.2 Å². The molecule has 0 aliphatic carbocycles. The van der Waals surface area contributed by atoms with E-state index in [1.165, 1.54) is 49.2 Å². The number of halogens is 2. The molecule has 95 heavy (non-hydrogen) atoms. The standard InChI is InChI=1S/C61H88Cl2O32/c1-21(2)53(70)87-49-45-32(92-61(93-45)52-51(78-20-79-52)60(72,27(8)64)28(9)91-61)19-77-56(49)89-57-48(76-14)39(68)44(31(83-57)18-73-11)88-55-40(69)47(43(74-12)24(5)82-55)85-34-17-58(10)50(26(7)81-34)94-59(95-58)16-30(66)42(25(6)90-59)84-33-15-29(65)41(23(4)80-33)86-54(71)35-22(3)36(62)38(67)37(63)46(35)75-13/h21,23-26,28-34,39-45,47-52,55-57,65-69,72H,15-20H2,1-14H3/t23-,24-,25-,26-,28+,29-,30+,31-,32-,33+,34+,39+,40-,41-,42-,43+,44-,45+,47-,48+,49-,50-,51?,52?,55+,56+,57+,58-,59?,60+,61-/m1/s1. The van der Waals surface area contributed by atoms with Gasteiger partial charge in [0.2, 0.25) is 6.29 Å². The Balaban J connectivity index is 0.722. The first-order valence-electron chi connectivity index (χ1n) is 31.7. The summed E-state index contributed by atoms with van der Waals surface area (Å²) < 4.78 is 142. The Morgan fingerprint density at radius 3 is 1.99 bits per heavy atom. The number of benzene rings is 1. The quantitative estimate of drug-likeness (QED) is 0.112. The molecule has 32 nitrogen and oxygen atoms in total. The van der Waals surface area contributed by atoms with E-state index in [-0.39, 0.29) is 66.2 Å². The summed E-state index contributed by atoms with van der Waals surface area (Å²) in [4.78, 5) is 39.8. The predicted octanol–water partition coefficient (Wildman–Crippen LogP) is 1.05. The lowest BCUT2D eigenvalue weighted by Crippen LogP contribution is -2.72. The van der Waals surface area contributed by atoms with Crippen molar-refractivity contribution in [3.8, 4) is 11.5 Å². The van der Waals surface area contributed by atoms with Crippen molar-refractivity contribution in [2.75, 3.05) is 48.4 Å². The van der Waals surface area contributed by atoms with Gasteiger partial charge in [0.05, 0.1) is 80.4 Å². The van der Waals surface area contributed by atoms with Crippen molar-refractivity contribution in [2.24, 2.45) is 5.92 Å². The van der Waals surface area contributed by atoms with Crippen LogP contribution in [0.5, 0.6) is 11.5 Å². The molecule has 10 aliphatic heterocycles. The minimum atomic E-state index is -2.13. The van der Waals surface area contributed by atoms with Gasteiger partial charge in [0.15, 0.2) is 66.4 Å². The number of Topliss-reactive ketones (excluding diaryl/α,β-unsaturated/α-hetero) is 1. The zero-order valence-corrected chi connectivity index (χ0v) is 56.5. The van der Waals surface area contributed by atoms with Gasteiger partial charge in [-0.25, -0.2) is 4.79 Å². The van der Waals surface area contributed by atoms with E-state index in [9.17, 15) is 45.0 Å². The van der Waals surface area contributed by atoms with Crippen LogP contribution < -0.4 is 4.74 Å². The summed E-state index contributed by atoms with van der Waals surface area (Å²) in [6.07, 6.45) is -32.8. The summed E-state index contributed by atoms with van der Waals surface area (Å²) in [5.74, 6) is -7.41. The van der Waals surface area contributed by atoms with Gasteiger partial charge < -0.3 is 140 Å². The van der Waals surface area contributed by atoms with Crippen molar-refractivity contribution in [1.82, 2.24) is 0 Å². The molecule has 6 N–H and O–H groups in total. The molecule has 0 radical (unpaired) electrons. The molecule has 0 amide bonds. The maximum absolute atomic E-state index is 13.6. The summed E-state index contributed by atoms with van der Waals surface area (Å²) >= 11 is 12.5. The van der Waals surface area contributed by atoms with E-state index in [1.54, 1.807) is 48.5 Å². The monoisotopic (exact) mass is 1400 g/mol. The molecular weight excluding hydrogens is 1320 g/mol. The van der Waals surface area contributed by atoms with Crippen LogP contribution in [0.2, 0.25) is 10.0 Å². The number of phenols is 1. The molecule has 34 heteroatoms. The van der Waals surface area contributed by atoms with Crippen molar-refractivity contribution in [1.29, 1.82) is 0 Å². The topological polar surface area (TPSA) is 385 Å². The Morgan fingerprint density at radius 1 is 0.653 bits per heavy atom. The minimum absolute atomic E-state index is 0.00299. The fraction of sp³-hybridized carbons (Fsp3) is 0.852. The van der Waals surface area contributed by atoms with Gasteiger partial charge in [0, 0.05) is 34.2 Å². The highest BCUT2D eigenvalue weighted by molar-refractivity contribution is 6.39. The van der Waals surface area contributed by atoms with E-state index in [0.717, 1.165) is 0 Å². The van der Waals surface area contributed by atoms with Crippen LogP contribution in [0.4, 0.5) is 0 Å². The van der Waals surface area contributed by atoms with Crippen LogP contribution in [0.15, 0.2) is 0 Å². The molecule has 10 heterocycles. The van der Waals surface area contributed by atoms with Crippen molar-refractivity contribution < 1.29 is 154 Å². The number of fused-ring (bicyclic) bond motifs is 4. The Labute approximate surface area is 557 Å². The maximum Gasteiger partial charge on any atom is 0.342 e. The number of aliphatic hydroxyl groups is 5. The SMILES string of the molecule is COC[C@H]1O[C@@H](O[C@@H]2OC[C@H]3O[C@]4(O[C@@H]3[C@H]2OC(=O)C(C)C)O[C@@H](C)[C@@](O)(C(C)=O)C2OCOC24)[C@@H](OC)[C@@H](O)[C@@H]1O[C@@H]1O[C@H](C)[C@H](OC)[C@H](O[C@H]2C[C@@]3(C)OC4(C[C@H](O)[C@H](O[C@H]5C[C@@H](O)[C@H](OC(=O)c6c(C)c(Cl)c(O)c(Cl)c6OC)[C@@H](C)O5)[C@@H](C)O4)O[C@@H]3[C@@H](C)O2)[C@H]1O. The highest BCUT2D eigenvalue weighted by atomic mass is 35.5. The highest BCUT2D eigenvalue weighted by Crippen LogP contribution is 2.53. The smallest absolute Gasteiger partial charge is 0.342 e. The highest BCUT2D eigenvalue weighted by Gasteiger charge is 2.73. The van der Waals surface area contributed by atoms with Crippen molar-refractivity contribution in [2.45, 2.75) is 277 Å². The number of phenolic OH excluding ortho intramolecular Hbond substituents is 1. The lowest BCUT2D eigenvalue weighted by molar-refractivity contribution is -0.428. The summed E-state index contributed by atoms with van der Waals surface area (Å²) in [5.41, 5.74) is -3.34. The van der Waals surface area contributed by atoms with Crippen molar-refractivity contribution in [3.05, 3.63) is 21.2 Å². The molecule has 31 atom stereocenters. The number of carbonyl (C=O) groups excluding carboxylic acids is 3. The molecule has 0 bridgehead atoms. The molecule has 2 spiro atoms. The number of esters is 2. The molecule has 0 aromatic heterocycles. The zero-order chi connectivity index (χ0) is 68.9. The number of carbonyl (C=O) groups is 3. The van der Waals surface area contributed by atoms with Gasteiger partial charge in [-0.2, -0.15) is 0 Å². The zero-order valence-electron chi connectivity index (χ0n) is 55.0. The van der Waals surface area contributed by atoms with E-state index in [2.05, 4.69) is 0 Å². The van der Waals surface area contributed by atoms with E-state index in [4.69, 9.17) is 132 Å². The van der Waals surface area contributed by atoms with E-state index in [1.807, 2.05) is 0 Å². The van der Waals surface area contributed by atoms with Gasteiger partial charge in [-0.3, -0.25) is 9.59 Å². The van der Waals surface area contributed by atoms with Gasteiger partial charge in [-0.05, 0) is 61.0 Å². The third-order valence-electron chi connectivity index (χ3n) is 19.4. The van der Waals surface area contributed by atoms with Crippen molar-refractivity contribution in [3.63, 3.8) is 0 Å². The normalized spacial score (nSPS) is 47.3. The second-order valence-corrected chi connectivity index (χ2v) is 27.0. The second kappa shape index (κ2) is 28.4. The van der Waals surface area contributed by atoms with Crippen LogP contribution in [0.1, 0.15) is 97.5 Å². The van der Waals surface area contributed by atoms with E-state index < -0.39 is 218 Å². The number of hydrogen-bond donors (Lipinski definition) is 6. The van der Waals surface area contributed by atoms with E-state index in [0.29, 0.717) is 0 Å². The van der Waals surface area contributed by atoms with Crippen LogP contribution in [0, 0.1) is 12.8 Å². The van der Waals surface area contributed by atoms with Gasteiger partial charge >= 0.3 is 17.9 Å². The largest absolute Gasteiger partial charge is 0.505 e. The maximum atomic E-state index is 13.6. The number of aromatic hydroxyl groups is 1. The number of rotatable bonds is 18.